The van der Waals surface area contributed by atoms with Crippen LogP contribution < -0.4 is 0 Å². The van der Waals surface area contributed by atoms with Gasteiger partial charge in [0.25, 0.3) is 0 Å². The predicted molar refractivity (Wildman–Crippen MR) is 42.9 cm³/mol. The molecule has 1 unspecified atom stereocenters. The minimum Gasteiger partial charge on any atom is -0.102 e. The van der Waals surface area contributed by atoms with Crippen molar-refractivity contribution in [2.75, 3.05) is 6.66 Å². The standard InChI is InChI=1S/C7H15P/c1-3-4-5-6-7-8-2/h6-8H,3-5H2,1-2H3. The summed E-state index contributed by atoms with van der Waals surface area (Å²) in [5.74, 6) is 2.26. The molecule has 0 amide bonds. The molecule has 0 aromatic heterocycles. The second-order valence-corrected chi connectivity index (χ2v) is 2.74. The Labute approximate surface area is 54.2 Å². The third-order valence-electron chi connectivity index (χ3n) is 1.01. The molecule has 0 fully saturated rings. The van der Waals surface area contributed by atoms with Gasteiger partial charge in [-0.1, -0.05) is 31.7 Å². The first-order valence-electron chi connectivity index (χ1n) is 3.24. The van der Waals surface area contributed by atoms with Crippen LogP contribution >= 0.6 is 8.58 Å². The van der Waals surface area contributed by atoms with Crippen molar-refractivity contribution in [3.8, 4) is 0 Å². The molecule has 0 rings (SSSR count). The van der Waals surface area contributed by atoms with Crippen LogP contribution in [0.3, 0.4) is 0 Å². The van der Waals surface area contributed by atoms with Gasteiger partial charge >= 0.3 is 0 Å². The molecule has 0 saturated carbocycles. The minimum atomic E-state index is 0.988. The van der Waals surface area contributed by atoms with Crippen LogP contribution in [0.4, 0.5) is 0 Å². The zero-order chi connectivity index (χ0) is 6.24. The molecule has 0 bridgehead atoms. The Hall–Kier alpha value is 0.170. The van der Waals surface area contributed by atoms with Crippen molar-refractivity contribution >= 4 is 8.58 Å². The van der Waals surface area contributed by atoms with Crippen molar-refractivity contribution in [3.05, 3.63) is 11.9 Å². The van der Waals surface area contributed by atoms with Crippen LogP contribution in [0.15, 0.2) is 11.9 Å². The highest BCUT2D eigenvalue weighted by molar-refractivity contribution is 7.40. The van der Waals surface area contributed by atoms with Crippen molar-refractivity contribution in [2.45, 2.75) is 26.2 Å². The van der Waals surface area contributed by atoms with E-state index in [1.54, 1.807) is 0 Å². The van der Waals surface area contributed by atoms with E-state index in [0.29, 0.717) is 0 Å². The summed E-state index contributed by atoms with van der Waals surface area (Å²) in [5, 5.41) is 0. The quantitative estimate of drug-likeness (QED) is 0.405. The second-order valence-electron chi connectivity index (χ2n) is 1.83. The Balaban J connectivity index is 2.80. The zero-order valence-electron chi connectivity index (χ0n) is 5.78. The molecule has 1 atom stereocenters. The minimum absolute atomic E-state index is 0.988. The Morgan fingerprint density at radius 1 is 1.50 bits per heavy atom. The normalized spacial score (nSPS) is 12.2. The third-order valence-corrected chi connectivity index (χ3v) is 1.58. The van der Waals surface area contributed by atoms with E-state index in [4.69, 9.17) is 0 Å². The number of rotatable bonds is 4. The first-order chi connectivity index (χ1) is 3.91. The Morgan fingerprint density at radius 2 is 2.25 bits per heavy atom. The summed E-state index contributed by atoms with van der Waals surface area (Å²) in [6, 6.07) is 0. The van der Waals surface area contributed by atoms with Gasteiger partial charge in [0.1, 0.15) is 0 Å². The van der Waals surface area contributed by atoms with Crippen molar-refractivity contribution in [1.82, 2.24) is 0 Å². The number of hydrogen-bond donors (Lipinski definition) is 0. The van der Waals surface area contributed by atoms with Crippen molar-refractivity contribution in [1.29, 1.82) is 0 Å². The van der Waals surface area contributed by atoms with Crippen LogP contribution in [0, 0.1) is 0 Å². The predicted octanol–water partition coefficient (Wildman–Crippen LogP) is 3.00. The molecule has 1 heteroatoms. The van der Waals surface area contributed by atoms with Crippen LogP contribution in [0.25, 0.3) is 0 Å². The maximum Gasteiger partial charge on any atom is -0.0347 e. The maximum atomic E-state index is 2.28. The van der Waals surface area contributed by atoms with Gasteiger partial charge in [0.2, 0.25) is 0 Å². The van der Waals surface area contributed by atoms with Crippen molar-refractivity contribution < 1.29 is 0 Å². The maximum absolute atomic E-state index is 2.28. The Morgan fingerprint density at radius 3 is 2.75 bits per heavy atom. The molecule has 0 heterocycles. The van der Waals surface area contributed by atoms with Gasteiger partial charge in [-0.15, -0.1) is 8.58 Å². The average molecular weight is 130 g/mol. The molecule has 48 valence electrons. The van der Waals surface area contributed by atoms with E-state index in [9.17, 15) is 0 Å². The molecule has 0 spiro atoms. The molecular weight excluding hydrogens is 115 g/mol. The van der Waals surface area contributed by atoms with Gasteiger partial charge in [0.15, 0.2) is 0 Å². The van der Waals surface area contributed by atoms with E-state index in [-0.39, 0.29) is 0 Å². The highest BCUT2D eigenvalue weighted by Gasteiger charge is 1.74. The summed E-state index contributed by atoms with van der Waals surface area (Å²) in [6.07, 6.45) is 6.22. The number of hydrogen-bond acceptors (Lipinski definition) is 0. The lowest BCUT2D eigenvalue weighted by atomic mass is 10.2. The third kappa shape index (κ3) is 6.17. The van der Waals surface area contributed by atoms with Gasteiger partial charge in [-0.05, 0) is 13.1 Å². The lowest BCUT2D eigenvalue weighted by Crippen LogP contribution is -1.63. The van der Waals surface area contributed by atoms with E-state index < -0.39 is 0 Å². The number of unbranched alkanes of at least 4 members (excludes halogenated alkanes) is 2. The SMILES string of the molecule is CCCCC=CPC. The second kappa shape index (κ2) is 7.17. The lowest BCUT2D eigenvalue weighted by molar-refractivity contribution is 0.815. The van der Waals surface area contributed by atoms with E-state index in [2.05, 4.69) is 25.5 Å². The van der Waals surface area contributed by atoms with Crippen LogP contribution in [-0.4, -0.2) is 6.66 Å². The van der Waals surface area contributed by atoms with Gasteiger partial charge in [0.05, 0.1) is 0 Å². The average Bonchev–Trinajstić information content (AvgIpc) is 1.81. The van der Waals surface area contributed by atoms with Crippen LogP contribution in [-0.2, 0) is 0 Å². The molecule has 0 aliphatic heterocycles. The molecule has 0 aliphatic carbocycles. The van der Waals surface area contributed by atoms with Crippen molar-refractivity contribution in [3.63, 3.8) is 0 Å². The molecule has 0 saturated heterocycles. The molecular formula is C7H15P. The van der Waals surface area contributed by atoms with E-state index in [1.165, 1.54) is 19.3 Å². The van der Waals surface area contributed by atoms with Gasteiger partial charge < -0.3 is 0 Å². The topological polar surface area (TPSA) is 0 Å². The molecule has 8 heavy (non-hydrogen) atoms. The van der Waals surface area contributed by atoms with Crippen LogP contribution in [0.5, 0.6) is 0 Å². The fourth-order valence-electron chi connectivity index (χ4n) is 0.523. The Kier molecular flexibility index (Phi) is 7.32. The van der Waals surface area contributed by atoms with Gasteiger partial charge in [-0.25, -0.2) is 0 Å². The molecule has 0 aromatic carbocycles. The molecule has 0 aliphatic rings. The summed E-state index contributed by atoms with van der Waals surface area (Å²) in [7, 11) is 0.988. The van der Waals surface area contributed by atoms with Crippen molar-refractivity contribution in [2.24, 2.45) is 0 Å². The van der Waals surface area contributed by atoms with E-state index in [1.807, 2.05) is 0 Å². The molecule has 0 N–H and O–H groups in total. The van der Waals surface area contributed by atoms with E-state index >= 15 is 0 Å². The summed E-state index contributed by atoms with van der Waals surface area (Å²) in [5.41, 5.74) is 0. The fraction of sp³-hybridized carbons (Fsp3) is 0.714. The first-order valence-corrected chi connectivity index (χ1v) is 4.81. The molecule has 0 radical (unpaired) electrons. The zero-order valence-corrected chi connectivity index (χ0v) is 6.78. The highest BCUT2D eigenvalue weighted by Crippen LogP contribution is 2.05. The molecule has 0 nitrogen and oxygen atoms in total. The summed E-state index contributed by atoms with van der Waals surface area (Å²) >= 11 is 0. The van der Waals surface area contributed by atoms with Gasteiger partial charge in [0, 0.05) is 0 Å². The van der Waals surface area contributed by atoms with Gasteiger partial charge in [-0.3, -0.25) is 0 Å². The molecule has 0 aromatic rings. The number of allylic oxidation sites excluding steroid dienone is 1. The largest absolute Gasteiger partial charge is 0.102 e. The smallest absolute Gasteiger partial charge is 0.0347 e. The summed E-state index contributed by atoms with van der Waals surface area (Å²) < 4.78 is 0. The monoisotopic (exact) mass is 130 g/mol. The van der Waals surface area contributed by atoms with Gasteiger partial charge in [-0.2, -0.15) is 0 Å². The fourth-order valence-corrected chi connectivity index (χ4v) is 0.926. The van der Waals surface area contributed by atoms with E-state index in [0.717, 1.165) is 8.58 Å². The summed E-state index contributed by atoms with van der Waals surface area (Å²) in [6.45, 7) is 4.42. The van der Waals surface area contributed by atoms with Crippen LogP contribution in [0.2, 0.25) is 0 Å². The van der Waals surface area contributed by atoms with Crippen LogP contribution in [0.1, 0.15) is 26.2 Å². The lowest BCUT2D eigenvalue weighted by Gasteiger charge is -1.85. The first kappa shape index (κ1) is 8.17. The Bertz CT molecular complexity index is 57.4. The highest BCUT2D eigenvalue weighted by atomic mass is 31.1. The summed E-state index contributed by atoms with van der Waals surface area (Å²) in [4.78, 5) is 0.